The molecule has 0 spiro atoms. The second-order valence-corrected chi connectivity index (χ2v) is 5.24. The molecule has 0 amide bonds. The summed E-state index contributed by atoms with van der Waals surface area (Å²) in [4.78, 5) is 23.8. The molecule has 0 saturated carbocycles. The second kappa shape index (κ2) is 4.60. The lowest BCUT2D eigenvalue weighted by Gasteiger charge is -2.03. The standard InChI is InChI=1S/C11H8ClN5OS/c12-8-2-1-6(3-14-8)5-17-9-7(19-11(17)18)4-15-10(13)16-9/h1-4H,5H2,(H2,13,15,16). The Morgan fingerprint density at radius 2 is 2.16 bits per heavy atom. The fourth-order valence-corrected chi connectivity index (χ4v) is 2.61. The zero-order valence-electron chi connectivity index (χ0n) is 9.58. The monoisotopic (exact) mass is 293 g/mol. The Balaban J connectivity index is 2.09. The summed E-state index contributed by atoms with van der Waals surface area (Å²) < 4.78 is 2.25. The van der Waals surface area contributed by atoms with Crippen LogP contribution in [0.15, 0.2) is 29.3 Å². The van der Waals surface area contributed by atoms with Crippen molar-refractivity contribution in [3.8, 4) is 0 Å². The van der Waals surface area contributed by atoms with Crippen molar-refractivity contribution in [1.29, 1.82) is 0 Å². The van der Waals surface area contributed by atoms with E-state index in [0.717, 1.165) is 16.9 Å². The molecule has 2 N–H and O–H groups in total. The van der Waals surface area contributed by atoms with Crippen molar-refractivity contribution in [3.05, 3.63) is 44.9 Å². The average Bonchev–Trinajstić information content (AvgIpc) is 2.69. The summed E-state index contributed by atoms with van der Waals surface area (Å²) in [5.41, 5.74) is 6.96. The Morgan fingerprint density at radius 1 is 1.32 bits per heavy atom. The van der Waals surface area contributed by atoms with Crippen LogP contribution in [0.1, 0.15) is 5.56 Å². The maximum absolute atomic E-state index is 11.9. The molecule has 96 valence electrons. The van der Waals surface area contributed by atoms with Gasteiger partial charge in [0.05, 0.1) is 17.4 Å². The van der Waals surface area contributed by atoms with Gasteiger partial charge in [-0.1, -0.05) is 29.0 Å². The van der Waals surface area contributed by atoms with Gasteiger partial charge in [-0.25, -0.2) is 9.97 Å². The quantitative estimate of drug-likeness (QED) is 0.724. The normalized spacial score (nSPS) is 11.0. The Labute approximate surface area is 116 Å². The molecule has 19 heavy (non-hydrogen) atoms. The van der Waals surface area contributed by atoms with Crippen LogP contribution >= 0.6 is 22.9 Å². The predicted octanol–water partition coefficient (Wildman–Crippen LogP) is 1.53. The van der Waals surface area contributed by atoms with Gasteiger partial charge in [-0.05, 0) is 11.6 Å². The molecule has 8 heteroatoms. The lowest BCUT2D eigenvalue weighted by molar-refractivity contribution is 0.799. The SMILES string of the molecule is Nc1ncc2sc(=O)n(Cc3ccc(Cl)nc3)c2n1. The Bertz CT molecular complexity index is 795. The maximum Gasteiger partial charge on any atom is 0.309 e. The Morgan fingerprint density at radius 3 is 2.89 bits per heavy atom. The van der Waals surface area contributed by atoms with Crippen molar-refractivity contribution in [3.63, 3.8) is 0 Å². The number of hydrogen-bond donors (Lipinski definition) is 1. The van der Waals surface area contributed by atoms with Crippen LogP contribution < -0.4 is 10.6 Å². The van der Waals surface area contributed by atoms with Gasteiger partial charge in [-0.15, -0.1) is 0 Å². The molecule has 3 rings (SSSR count). The highest BCUT2D eigenvalue weighted by molar-refractivity contribution is 7.16. The van der Waals surface area contributed by atoms with E-state index >= 15 is 0 Å². The van der Waals surface area contributed by atoms with Crippen LogP contribution in [0.5, 0.6) is 0 Å². The third-order valence-corrected chi connectivity index (χ3v) is 3.68. The van der Waals surface area contributed by atoms with E-state index in [2.05, 4.69) is 15.0 Å². The molecular weight excluding hydrogens is 286 g/mol. The van der Waals surface area contributed by atoms with E-state index in [1.165, 1.54) is 0 Å². The van der Waals surface area contributed by atoms with E-state index in [0.29, 0.717) is 22.0 Å². The topological polar surface area (TPSA) is 86.7 Å². The molecule has 0 aliphatic carbocycles. The van der Waals surface area contributed by atoms with E-state index < -0.39 is 0 Å². The number of halogens is 1. The summed E-state index contributed by atoms with van der Waals surface area (Å²) in [5.74, 6) is 0.147. The third-order valence-electron chi connectivity index (χ3n) is 2.56. The summed E-state index contributed by atoms with van der Waals surface area (Å²) >= 11 is 6.82. The summed E-state index contributed by atoms with van der Waals surface area (Å²) in [6, 6.07) is 3.50. The molecule has 3 aromatic rings. The van der Waals surface area contributed by atoms with Crippen LogP contribution in [-0.2, 0) is 6.54 Å². The van der Waals surface area contributed by atoms with Crippen molar-refractivity contribution >= 4 is 39.2 Å². The number of nitrogens with two attached hydrogens (primary N) is 1. The predicted molar refractivity (Wildman–Crippen MR) is 74.4 cm³/mol. The molecule has 3 aromatic heterocycles. The second-order valence-electron chi connectivity index (χ2n) is 3.86. The minimum atomic E-state index is -0.107. The van der Waals surface area contributed by atoms with Gasteiger partial charge in [0.15, 0.2) is 5.65 Å². The molecule has 0 aliphatic heterocycles. The van der Waals surface area contributed by atoms with Gasteiger partial charge in [-0.3, -0.25) is 9.36 Å². The molecule has 0 bridgehead atoms. The first-order valence-corrected chi connectivity index (χ1v) is 6.55. The number of pyridine rings is 1. The number of nitrogens with zero attached hydrogens (tertiary/aromatic N) is 4. The minimum absolute atomic E-state index is 0.107. The maximum atomic E-state index is 11.9. The van der Waals surface area contributed by atoms with Crippen molar-refractivity contribution < 1.29 is 0 Å². The van der Waals surface area contributed by atoms with Gasteiger partial charge >= 0.3 is 4.87 Å². The number of thiazole rings is 1. The summed E-state index contributed by atoms with van der Waals surface area (Å²) in [6.07, 6.45) is 3.18. The number of rotatable bonds is 2. The van der Waals surface area contributed by atoms with Crippen LogP contribution in [0, 0.1) is 0 Å². The molecular formula is C11H8ClN5OS. The molecule has 0 saturated heterocycles. The minimum Gasteiger partial charge on any atom is -0.368 e. The number of aromatic nitrogens is 4. The highest BCUT2D eigenvalue weighted by Crippen LogP contribution is 2.16. The van der Waals surface area contributed by atoms with Crippen molar-refractivity contribution in [2.24, 2.45) is 0 Å². The van der Waals surface area contributed by atoms with Crippen molar-refractivity contribution in [2.75, 3.05) is 5.73 Å². The smallest absolute Gasteiger partial charge is 0.309 e. The molecule has 0 atom stereocenters. The summed E-state index contributed by atoms with van der Waals surface area (Å²) in [6.45, 7) is 0.374. The molecule has 0 aliphatic rings. The number of nitrogen functional groups attached to an aromatic ring is 1. The molecule has 0 aromatic carbocycles. The van der Waals surface area contributed by atoms with Crippen LogP contribution in [0.2, 0.25) is 5.15 Å². The summed E-state index contributed by atoms with van der Waals surface area (Å²) in [7, 11) is 0. The van der Waals surface area contributed by atoms with E-state index in [4.69, 9.17) is 17.3 Å². The van der Waals surface area contributed by atoms with Crippen LogP contribution in [0.25, 0.3) is 10.3 Å². The zero-order valence-corrected chi connectivity index (χ0v) is 11.1. The van der Waals surface area contributed by atoms with E-state index in [1.807, 2.05) is 6.07 Å². The fraction of sp³-hybridized carbons (Fsp3) is 0.0909. The van der Waals surface area contributed by atoms with Crippen LogP contribution in [-0.4, -0.2) is 19.5 Å². The van der Waals surface area contributed by atoms with Gasteiger partial charge in [0, 0.05) is 6.20 Å². The van der Waals surface area contributed by atoms with Gasteiger partial charge in [0.1, 0.15) is 5.15 Å². The molecule has 6 nitrogen and oxygen atoms in total. The van der Waals surface area contributed by atoms with E-state index in [-0.39, 0.29) is 10.8 Å². The average molecular weight is 294 g/mol. The molecule has 0 unspecified atom stereocenters. The number of anilines is 1. The Hall–Kier alpha value is -1.99. The highest BCUT2D eigenvalue weighted by Gasteiger charge is 2.10. The summed E-state index contributed by atoms with van der Waals surface area (Å²) in [5, 5.41) is 0.415. The number of fused-ring (bicyclic) bond motifs is 1. The zero-order chi connectivity index (χ0) is 13.4. The number of hydrogen-bond acceptors (Lipinski definition) is 6. The van der Waals surface area contributed by atoms with Crippen molar-refractivity contribution in [1.82, 2.24) is 19.5 Å². The van der Waals surface area contributed by atoms with E-state index in [1.54, 1.807) is 23.0 Å². The van der Waals surface area contributed by atoms with Crippen LogP contribution in [0.3, 0.4) is 0 Å². The third kappa shape index (κ3) is 2.29. The van der Waals surface area contributed by atoms with Gasteiger partial charge in [-0.2, -0.15) is 4.98 Å². The first-order chi connectivity index (χ1) is 9.13. The molecule has 3 heterocycles. The van der Waals surface area contributed by atoms with Crippen LogP contribution in [0.4, 0.5) is 5.95 Å². The largest absolute Gasteiger partial charge is 0.368 e. The van der Waals surface area contributed by atoms with E-state index in [9.17, 15) is 4.79 Å². The lowest BCUT2D eigenvalue weighted by Crippen LogP contribution is -2.14. The lowest BCUT2D eigenvalue weighted by atomic mass is 10.3. The van der Waals surface area contributed by atoms with Crippen molar-refractivity contribution in [2.45, 2.75) is 6.54 Å². The highest BCUT2D eigenvalue weighted by atomic mass is 35.5. The first-order valence-electron chi connectivity index (χ1n) is 5.36. The Kier molecular flexibility index (Phi) is 2.92. The molecule has 0 radical (unpaired) electrons. The van der Waals surface area contributed by atoms with Gasteiger partial charge < -0.3 is 5.73 Å². The first kappa shape index (κ1) is 12.1. The van der Waals surface area contributed by atoms with Gasteiger partial charge in [0.2, 0.25) is 5.95 Å². The molecule has 0 fully saturated rings. The fourth-order valence-electron chi connectivity index (χ4n) is 1.70. The van der Waals surface area contributed by atoms with Gasteiger partial charge in [0.25, 0.3) is 0 Å².